The number of piperidine rings is 1. The number of hydrogen-bond acceptors (Lipinski definition) is 3. The molecular weight excluding hydrogens is 202 g/mol. The molecule has 16 heavy (non-hydrogen) atoms. The molecule has 4 nitrogen and oxygen atoms in total. The first-order chi connectivity index (χ1) is 7.69. The number of rotatable bonds is 2. The molecule has 3 aliphatic rings. The second kappa shape index (κ2) is 3.70. The SMILES string of the molecule is CC1(C2CC2)CC(=O)N(C2CCNCC2)N1. The van der Waals surface area contributed by atoms with Crippen LogP contribution >= 0.6 is 0 Å². The lowest BCUT2D eigenvalue weighted by molar-refractivity contribution is -0.132. The van der Waals surface area contributed by atoms with Crippen molar-refractivity contribution in [1.82, 2.24) is 15.8 Å². The Kier molecular flexibility index (Phi) is 2.44. The Balaban J connectivity index is 1.69. The summed E-state index contributed by atoms with van der Waals surface area (Å²) in [6, 6.07) is 0.411. The third kappa shape index (κ3) is 1.74. The second-order valence-corrected chi connectivity index (χ2v) is 5.73. The predicted octanol–water partition coefficient (Wildman–Crippen LogP) is 0.644. The minimum Gasteiger partial charge on any atom is -0.317 e. The summed E-state index contributed by atoms with van der Waals surface area (Å²) in [5.74, 6) is 1.03. The smallest absolute Gasteiger partial charge is 0.238 e. The number of hydrogen-bond donors (Lipinski definition) is 2. The van der Waals surface area contributed by atoms with Crippen LogP contribution in [0.3, 0.4) is 0 Å². The molecule has 0 radical (unpaired) electrons. The molecule has 2 N–H and O–H groups in total. The molecule has 0 bridgehead atoms. The molecule has 3 rings (SSSR count). The van der Waals surface area contributed by atoms with Crippen LogP contribution in [0, 0.1) is 5.92 Å². The molecule has 90 valence electrons. The van der Waals surface area contributed by atoms with E-state index in [2.05, 4.69) is 17.7 Å². The van der Waals surface area contributed by atoms with Crippen LogP contribution in [0.5, 0.6) is 0 Å². The second-order valence-electron chi connectivity index (χ2n) is 5.73. The topological polar surface area (TPSA) is 44.4 Å². The highest BCUT2D eigenvalue weighted by Crippen LogP contribution is 2.44. The zero-order chi connectivity index (χ0) is 11.2. The van der Waals surface area contributed by atoms with Gasteiger partial charge in [-0.05, 0) is 51.6 Å². The minimum absolute atomic E-state index is 0.0575. The van der Waals surface area contributed by atoms with Crippen molar-refractivity contribution in [3.05, 3.63) is 0 Å². The summed E-state index contributed by atoms with van der Waals surface area (Å²) in [4.78, 5) is 12.1. The van der Waals surface area contributed by atoms with Crippen molar-refractivity contribution in [2.45, 2.75) is 50.6 Å². The fourth-order valence-corrected chi connectivity index (χ4v) is 3.09. The fourth-order valence-electron chi connectivity index (χ4n) is 3.09. The molecule has 4 heteroatoms. The van der Waals surface area contributed by atoms with Gasteiger partial charge in [-0.25, -0.2) is 5.43 Å². The Labute approximate surface area is 96.7 Å². The van der Waals surface area contributed by atoms with Crippen molar-refractivity contribution >= 4 is 5.91 Å². The summed E-state index contributed by atoms with van der Waals surface area (Å²) in [5, 5.41) is 5.29. The Morgan fingerprint density at radius 2 is 1.94 bits per heavy atom. The highest BCUT2D eigenvalue weighted by Gasteiger charge is 2.50. The van der Waals surface area contributed by atoms with Crippen molar-refractivity contribution < 1.29 is 4.79 Å². The zero-order valence-corrected chi connectivity index (χ0v) is 9.96. The summed E-state index contributed by atoms with van der Waals surface area (Å²) in [6.07, 6.45) is 5.44. The highest BCUT2D eigenvalue weighted by molar-refractivity contribution is 5.79. The summed E-state index contributed by atoms with van der Waals surface area (Å²) < 4.78 is 0. The number of nitrogens with one attached hydrogen (secondary N) is 2. The van der Waals surface area contributed by atoms with Gasteiger partial charge in [-0.15, -0.1) is 0 Å². The van der Waals surface area contributed by atoms with Crippen molar-refractivity contribution in [2.24, 2.45) is 5.92 Å². The Morgan fingerprint density at radius 1 is 1.25 bits per heavy atom. The van der Waals surface area contributed by atoms with Gasteiger partial charge in [0.1, 0.15) is 0 Å². The maximum atomic E-state index is 12.1. The lowest BCUT2D eigenvalue weighted by Gasteiger charge is -2.34. The van der Waals surface area contributed by atoms with Gasteiger partial charge in [0.2, 0.25) is 5.91 Å². The van der Waals surface area contributed by atoms with Gasteiger partial charge >= 0.3 is 0 Å². The molecule has 1 aliphatic carbocycles. The van der Waals surface area contributed by atoms with Crippen molar-refractivity contribution in [3.63, 3.8) is 0 Å². The lowest BCUT2D eigenvalue weighted by Crippen LogP contribution is -2.52. The minimum atomic E-state index is 0.0575. The van der Waals surface area contributed by atoms with Crippen molar-refractivity contribution in [3.8, 4) is 0 Å². The first kappa shape index (κ1) is 10.5. The third-order valence-corrected chi connectivity index (χ3v) is 4.32. The van der Waals surface area contributed by atoms with E-state index in [0.29, 0.717) is 18.4 Å². The van der Waals surface area contributed by atoms with E-state index in [9.17, 15) is 4.79 Å². The van der Waals surface area contributed by atoms with E-state index in [4.69, 9.17) is 0 Å². The summed E-state index contributed by atoms with van der Waals surface area (Å²) in [5.41, 5.74) is 3.56. The quantitative estimate of drug-likeness (QED) is 0.722. The van der Waals surface area contributed by atoms with E-state index in [1.54, 1.807) is 0 Å². The van der Waals surface area contributed by atoms with Gasteiger partial charge in [0.05, 0.1) is 6.04 Å². The van der Waals surface area contributed by atoms with Gasteiger partial charge in [-0.2, -0.15) is 0 Å². The first-order valence-electron chi connectivity index (χ1n) is 6.50. The third-order valence-electron chi connectivity index (χ3n) is 4.32. The predicted molar refractivity (Wildman–Crippen MR) is 61.6 cm³/mol. The van der Waals surface area contributed by atoms with E-state index in [1.165, 1.54) is 12.8 Å². The molecule has 2 heterocycles. The Hall–Kier alpha value is -0.610. The van der Waals surface area contributed by atoms with Crippen LogP contribution in [-0.4, -0.2) is 35.6 Å². The molecule has 1 atom stereocenters. The van der Waals surface area contributed by atoms with Gasteiger partial charge in [-0.3, -0.25) is 9.80 Å². The van der Waals surface area contributed by atoms with Gasteiger partial charge in [-0.1, -0.05) is 0 Å². The molecule has 0 aromatic heterocycles. The van der Waals surface area contributed by atoms with E-state index < -0.39 is 0 Å². The molecule has 0 aromatic carbocycles. The Morgan fingerprint density at radius 3 is 2.56 bits per heavy atom. The molecule has 1 unspecified atom stereocenters. The molecule has 1 amide bonds. The number of hydrazine groups is 1. The maximum absolute atomic E-state index is 12.1. The van der Waals surface area contributed by atoms with E-state index in [0.717, 1.165) is 31.8 Å². The molecule has 0 spiro atoms. The van der Waals surface area contributed by atoms with E-state index >= 15 is 0 Å². The van der Waals surface area contributed by atoms with Crippen LogP contribution in [0.4, 0.5) is 0 Å². The van der Waals surface area contributed by atoms with Crippen molar-refractivity contribution in [1.29, 1.82) is 0 Å². The zero-order valence-electron chi connectivity index (χ0n) is 9.96. The molecule has 2 saturated heterocycles. The van der Waals surface area contributed by atoms with Crippen LogP contribution in [0.1, 0.15) is 39.0 Å². The van der Waals surface area contributed by atoms with Gasteiger partial charge < -0.3 is 5.32 Å². The van der Waals surface area contributed by atoms with Gasteiger partial charge in [0.25, 0.3) is 0 Å². The van der Waals surface area contributed by atoms with Crippen LogP contribution in [-0.2, 0) is 4.79 Å². The van der Waals surface area contributed by atoms with Crippen LogP contribution in [0.2, 0.25) is 0 Å². The summed E-state index contributed by atoms with van der Waals surface area (Å²) in [7, 11) is 0. The molecule has 2 aliphatic heterocycles. The number of nitrogens with zero attached hydrogens (tertiary/aromatic N) is 1. The average molecular weight is 223 g/mol. The highest BCUT2D eigenvalue weighted by atomic mass is 16.2. The summed E-state index contributed by atoms with van der Waals surface area (Å²) in [6.45, 7) is 4.29. The van der Waals surface area contributed by atoms with E-state index in [1.807, 2.05) is 5.01 Å². The largest absolute Gasteiger partial charge is 0.317 e. The van der Waals surface area contributed by atoms with Gasteiger partial charge in [0, 0.05) is 12.0 Å². The van der Waals surface area contributed by atoms with Crippen LogP contribution < -0.4 is 10.7 Å². The molecule has 1 saturated carbocycles. The standard InChI is InChI=1S/C12H21N3O/c1-12(9-2-3-9)8-11(16)15(14-12)10-4-6-13-7-5-10/h9-10,13-14H,2-8H2,1H3. The number of carbonyl (C=O) groups excluding carboxylic acids is 1. The first-order valence-corrected chi connectivity index (χ1v) is 6.50. The Bertz CT molecular complexity index is 297. The fraction of sp³-hybridized carbons (Fsp3) is 0.917. The number of carbonyl (C=O) groups is 1. The maximum Gasteiger partial charge on any atom is 0.238 e. The average Bonchev–Trinajstić information content (AvgIpc) is 3.08. The van der Waals surface area contributed by atoms with E-state index in [-0.39, 0.29) is 5.54 Å². The molecule has 0 aromatic rings. The monoisotopic (exact) mass is 223 g/mol. The van der Waals surface area contributed by atoms with Crippen molar-refractivity contribution in [2.75, 3.05) is 13.1 Å². The summed E-state index contributed by atoms with van der Waals surface area (Å²) >= 11 is 0. The molecular formula is C12H21N3O. The van der Waals surface area contributed by atoms with Crippen LogP contribution in [0.15, 0.2) is 0 Å². The lowest BCUT2D eigenvalue weighted by atomic mass is 9.94. The molecule has 3 fully saturated rings. The normalized spacial score (nSPS) is 37.1. The van der Waals surface area contributed by atoms with Crippen LogP contribution in [0.25, 0.3) is 0 Å². The van der Waals surface area contributed by atoms with Gasteiger partial charge in [0.15, 0.2) is 0 Å². The number of amides is 1.